The Morgan fingerprint density at radius 2 is 1.70 bits per heavy atom. The molecule has 0 radical (unpaired) electrons. The first-order chi connectivity index (χ1) is 13.3. The van der Waals surface area contributed by atoms with Gasteiger partial charge in [-0.15, -0.1) is 0 Å². The molecule has 140 valence electrons. The number of carbonyl (C=O) groups is 1. The minimum Gasteiger partial charge on any atom is -0.346 e. The van der Waals surface area contributed by atoms with Gasteiger partial charge in [0.2, 0.25) is 0 Å². The standard InChI is InChI=1S/C23H25NO3/c25-22(17-8-4-9-18(14-17)23-26-12-13-27-23)24-15-20(16-6-2-1-3-7-16)19-10-5-11-21(19)24/h1-4,6-9,14,19-21,23H,5,10-13,15H2/t19-,20+,21-/m0/s1. The number of benzene rings is 2. The summed E-state index contributed by atoms with van der Waals surface area (Å²) in [5.41, 5.74) is 3.04. The van der Waals surface area contributed by atoms with Gasteiger partial charge in [0.25, 0.3) is 5.91 Å². The first-order valence-corrected chi connectivity index (χ1v) is 10.0. The minimum atomic E-state index is -0.340. The van der Waals surface area contributed by atoms with Crippen LogP contribution in [0.25, 0.3) is 0 Å². The fourth-order valence-electron chi connectivity index (χ4n) is 5.13. The van der Waals surface area contributed by atoms with Gasteiger partial charge in [0.15, 0.2) is 6.29 Å². The molecule has 2 aliphatic heterocycles. The molecule has 0 bridgehead atoms. The Morgan fingerprint density at radius 3 is 2.52 bits per heavy atom. The fraction of sp³-hybridized carbons (Fsp3) is 0.435. The number of hydrogen-bond acceptors (Lipinski definition) is 3. The van der Waals surface area contributed by atoms with E-state index in [1.807, 2.05) is 24.3 Å². The molecule has 27 heavy (non-hydrogen) atoms. The van der Waals surface area contributed by atoms with Gasteiger partial charge in [0.1, 0.15) is 0 Å². The largest absolute Gasteiger partial charge is 0.346 e. The third kappa shape index (κ3) is 3.07. The van der Waals surface area contributed by atoms with E-state index >= 15 is 0 Å². The molecular formula is C23H25NO3. The van der Waals surface area contributed by atoms with Crippen molar-refractivity contribution in [3.05, 3.63) is 71.3 Å². The highest BCUT2D eigenvalue weighted by atomic mass is 16.7. The van der Waals surface area contributed by atoms with E-state index < -0.39 is 0 Å². The molecule has 3 aliphatic rings. The second-order valence-corrected chi connectivity index (χ2v) is 7.84. The molecule has 2 aromatic carbocycles. The molecule has 1 amide bonds. The van der Waals surface area contributed by atoms with Crippen molar-refractivity contribution in [2.24, 2.45) is 5.92 Å². The summed E-state index contributed by atoms with van der Waals surface area (Å²) < 4.78 is 11.2. The molecule has 0 spiro atoms. The second kappa shape index (κ2) is 7.10. The van der Waals surface area contributed by atoms with Gasteiger partial charge in [-0.1, -0.05) is 48.9 Å². The SMILES string of the molecule is O=C(c1cccc(C2OCCO2)c1)N1C[C@H](c2ccccc2)[C@@H]2CCC[C@@H]21. The zero-order valence-corrected chi connectivity index (χ0v) is 15.4. The minimum absolute atomic E-state index is 0.144. The number of nitrogens with zero attached hydrogens (tertiary/aromatic N) is 1. The predicted molar refractivity (Wildman–Crippen MR) is 102 cm³/mol. The van der Waals surface area contributed by atoms with E-state index in [0.29, 0.717) is 31.1 Å². The molecule has 1 saturated carbocycles. The molecule has 3 fully saturated rings. The quantitative estimate of drug-likeness (QED) is 0.823. The van der Waals surface area contributed by atoms with Crippen LogP contribution in [-0.4, -0.2) is 36.6 Å². The average Bonchev–Trinajstić information content (AvgIpc) is 3.46. The van der Waals surface area contributed by atoms with E-state index in [9.17, 15) is 4.79 Å². The summed E-state index contributed by atoms with van der Waals surface area (Å²) >= 11 is 0. The Balaban J connectivity index is 1.41. The molecule has 4 nitrogen and oxygen atoms in total. The smallest absolute Gasteiger partial charge is 0.254 e. The van der Waals surface area contributed by atoms with Crippen molar-refractivity contribution in [1.82, 2.24) is 4.90 Å². The van der Waals surface area contributed by atoms with Gasteiger partial charge < -0.3 is 14.4 Å². The summed E-state index contributed by atoms with van der Waals surface area (Å²) in [6, 6.07) is 18.8. The molecular weight excluding hydrogens is 338 g/mol. The molecule has 0 aromatic heterocycles. The highest BCUT2D eigenvalue weighted by Gasteiger charge is 2.46. The van der Waals surface area contributed by atoms with Crippen LogP contribution in [0, 0.1) is 5.92 Å². The lowest BCUT2D eigenvalue weighted by molar-refractivity contribution is -0.0441. The van der Waals surface area contributed by atoms with Crippen LogP contribution in [-0.2, 0) is 9.47 Å². The van der Waals surface area contributed by atoms with Crippen molar-refractivity contribution in [2.45, 2.75) is 37.5 Å². The molecule has 3 atom stereocenters. The van der Waals surface area contributed by atoms with E-state index in [1.165, 1.54) is 18.4 Å². The number of ether oxygens (including phenoxy) is 2. The maximum absolute atomic E-state index is 13.4. The molecule has 5 rings (SSSR count). The Hall–Kier alpha value is -2.17. The Kier molecular flexibility index (Phi) is 4.46. The molecule has 0 N–H and O–H groups in total. The average molecular weight is 363 g/mol. The first-order valence-electron chi connectivity index (χ1n) is 10.0. The normalized spacial score (nSPS) is 27.9. The Morgan fingerprint density at radius 1 is 0.926 bits per heavy atom. The van der Waals surface area contributed by atoms with Gasteiger partial charge in [-0.3, -0.25) is 4.79 Å². The zero-order chi connectivity index (χ0) is 18.2. The Bertz CT molecular complexity index is 815. The molecule has 0 unspecified atom stereocenters. The molecule has 2 saturated heterocycles. The molecule has 2 heterocycles. The predicted octanol–water partition coefficient (Wildman–Crippen LogP) is 4.14. The molecule has 2 aromatic rings. The van der Waals surface area contributed by atoms with Gasteiger partial charge >= 0.3 is 0 Å². The lowest BCUT2D eigenvalue weighted by Gasteiger charge is -2.24. The lowest BCUT2D eigenvalue weighted by atomic mass is 9.87. The maximum Gasteiger partial charge on any atom is 0.254 e. The van der Waals surface area contributed by atoms with Crippen LogP contribution < -0.4 is 0 Å². The molecule has 4 heteroatoms. The van der Waals surface area contributed by atoms with Crippen LogP contribution in [0.3, 0.4) is 0 Å². The van der Waals surface area contributed by atoms with Gasteiger partial charge in [-0.25, -0.2) is 0 Å². The van der Waals surface area contributed by atoms with Crippen molar-refractivity contribution in [3.8, 4) is 0 Å². The summed E-state index contributed by atoms with van der Waals surface area (Å²) in [4.78, 5) is 15.5. The highest BCUT2D eigenvalue weighted by molar-refractivity contribution is 5.95. The topological polar surface area (TPSA) is 38.8 Å². The van der Waals surface area contributed by atoms with E-state index in [0.717, 1.165) is 24.1 Å². The summed E-state index contributed by atoms with van der Waals surface area (Å²) in [5, 5.41) is 0. The summed E-state index contributed by atoms with van der Waals surface area (Å²) in [6.45, 7) is 2.04. The zero-order valence-electron chi connectivity index (χ0n) is 15.4. The van der Waals surface area contributed by atoms with Crippen LogP contribution >= 0.6 is 0 Å². The summed E-state index contributed by atoms with van der Waals surface area (Å²) in [6.07, 6.45) is 3.21. The van der Waals surface area contributed by atoms with E-state index in [2.05, 4.69) is 35.2 Å². The number of likely N-dealkylation sites (tertiary alicyclic amines) is 1. The highest BCUT2D eigenvalue weighted by Crippen LogP contribution is 2.46. The van der Waals surface area contributed by atoms with Crippen LogP contribution in [0.5, 0.6) is 0 Å². The molecule has 1 aliphatic carbocycles. The van der Waals surface area contributed by atoms with Gasteiger partial charge in [0.05, 0.1) is 13.2 Å². The van der Waals surface area contributed by atoms with E-state index in [4.69, 9.17) is 9.47 Å². The number of fused-ring (bicyclic) bond motifs is 1. The van der Waals surface area contributed by atoms with Crippen molar-refractivity contribution in [1.29, 1.82) is 0 Å². The third-order valence-corrected chi connectivity index (χ3v) is 6.36. The third-order valence-electron chi connectivity index (χ3n) is 6.36. The number of amides is 1. The van der Waals surface area contributed by atoms with Gasteiger partial charge in [-0.05, 0) is 36.5 Å². The van der Waals surface area contributed by atoms with E-state index in [-0.39, 0.29) is 12.2 Å². The van der Waals surface area contributed by atoms with Crippen LogP contribution in [0.15, 0.2) is 54.6 Å². The van der Waals surface area contributed by atoms with Crippen LogP contribution in [0.2, 0.25) is 0 Å². The van der Waals surface area contributed by atoms with Crippen molar-refractivity contribution < 1.29 is 14.3 Å². The van der Waals surface area contributed by atoms with Crippen LogP contribution in [0.4, 0.5) is 0 Å². The lowest BCUT2D eigenvalue weighted by Crippen LogP contribution is -2.36. The summed E-state index contributed by atoms with van der Waals surface area (Å²) in [7, 11) is 0. The maximum atomic E-state index is 13.4. The fourth-order valence-corrected chi connectivity index (χ4v) is 5.13. The number of carbonyl (C=O) groups excluding carboxylic acids is 1. The monoisotopic (exact) mass is 363 g/mol. The summed E-state index contributed by atoms with van der Waals surface area (Å²) in [5.74, 6) is 1.18. The Labute approximate surface area is 160 Å². The van der Waals surface area contributed by atoms with Gasteiger partial charge in [0, 0.05) is 29.6 Å². The van der Waals surface area contributed by atoms with Crippen LogP contribution in [0.1, 0.15) is 53.0 Å². The van der Waals surface area contributed by atoms with Crippen molar-refractivity contribution in [2.75, 3.05) is 19.8 Å². The van der Waals surface area contributed by atoms with Crippen molar-refractivity contribution in [3.63, 3.8) is 0 Å². The number of rotatable bonds is 3. The second-order valence-electron chi connectivity index (χ2n) is 7.84. The van der Waals surface area contributed by atoms with Gasteiger partial charge in [-0.2, -0.15) is 0 Å². The number of hydrogen-bond donors (Lipinski definition) is 0. The van der Waals surface area contributed by atoms with Crippen molar-refractivity contribution >= 4 is 5.91 Å². The van der Waals surface area contributed by atoms with E-state index in [1.54, 1.807) is 0 Å². The first kappa shape index (κ1) is 17.0.